The summed E-state index contributed by atoms with van der Waals surface area (Å²) in [4.78, 5) is 28.6. The molecule has 4 aromatic rings. The molecule has 2 N–H and O–H groups in total. The van der Waals surface area contributed by atoms with E-state index in [0.29, 0.717) is 58.9 Å². The highest BCUT2D eigenvalue weighted by molar-refractivity contribution is 6.35. The van der Waals surface area contributed by atoms with Gasteiger partial charge in [-0.3, -0.25) is 4.79 Å². The van der Waals surface area contributed by atoms with Crippen LogP contribution in [0.15, 0.2) is 72.8 Å². The molecular formula is C32H32Cl3N5O2. The minimum Gasteiger partial charge on any atom is -0.338 e. The number of hydrogen-bond donors (Lipinski definition) is 2. The van der Waals surface area contributed by atoms with Gasteiger partial charge in [0.15, 0.2) is 5.69 Å². The maximum absolute atomic E-state index is 14.0. The Balaban J connectivity index is 1.47. The highest BCUT2D eigenvalue weighted by atomic mass is 35.5. The van der Waals surface area contributed by atoms with Crippen LogP contribution in [-0.4, -0.2) is 46.3 Å². The van der Waals surface area contributed by atoms with E-state index in [9.17, 15) is 9.59 Å². The molecule has 0 radical (unpaired) electrons. The fourth-order valence-electron chi connectivity index (χ4n) is 5.46. The number of aromatic nitrogens is 2. The van der Waals surface area contributed by atoms with Gasteiger partial charge in [-0.05, 0) is 62.1 Å². The average Bonchev–Trinajstić information content (AvgIpc) is 3.33. The summed E-state index contributed by atoms with van der Waals surface area (Å²) in [6.45, 7) is 5.40. The highest BCUT2D eigenvalue weighted by Gasteiger charge is 2.40. The van der Waals surface area contributed by atoms with Crippen LogP contribution in [0.3, 0.4) is 0 Å². The van der Waals surface area contributed by atoms with Gasteiger partial charge in [0.05, 0.1) is 21.9 Å². The van der Waals surface area contributed by atoms with Gasteiger partial charge in [-0.2, -0.15) is 5.10 Å². The van der Waals surface area contributed by atoms with Crippen molar-refractivity contribution in [2.75, 3.05) is 19.6 Å². The van der Waals surface area contributed by atoms with Crippen molar-refractivity contribution in [2.24, 2.45) is 0 Å². The predicted molar refractivity (Wildman–Crippen MR) is 169 cm³/mol. The van der Waals surface area contributed by atoms with Gasteiger partial charge in [-0.15, -0.1) is 0 Å². The molecular weight excluding hydrogens is 593 g/mol. The van der Waals surface area contributed by atoms with E-state index in [-0.39, 0.29) is 11.9 Å². The fraction of sp³-hybridized carbons (Fsp3) is 0.281. The molecule has 10 heteroatoms. The molecule has 1 aliphatic heterocycles. The lowest BCUT2D eigenvalue weighted by molar-refractivity contribution is 0.0640. The number of likely N-dealkylation sites (tertiary alicyclic amines) is 1. The number of halogens is 3. The highest BCUT2D eigenvalue weighted by Crippen LogP contribution is 2.36. The van der Waals surface area contributed by atoms with Gasteiger partial charge in [0.25, 0.3) is 5.91 Å². The number of carbonyl (C=O) groups excluding carboxylic acids is 2. The molecule has 3 aromatic carbocycles. The molecule has 1 aliphatic rings. The molecule has 1 saturated heterocycles. The third-order valence-corrected chi connectivity index (χ3v) is 8.49. The second kappa shape index (κ2) is 12.8. The van der Waals surface area contributed by atoms with E-state index in [2.05, 4.69) is 10.6 Å². The van der Waals surface area contributed by atoms with Gasteiger partial charge >= 0.3 is 6.03 Å². The standard InChI is InChI=1S/C32H32Cl3N5O2/c1-3-17-36-31(42)37-32(23-7-5-4-6-8-23)15-18-39(19-16-32)30(41)28-21(2)29(22-9-11-24(33)12-10-22)40(38-28)27-14-13-25(34)20-26(27)35/h4-14,20H,3,15-19H2,1-2H3,(H2,36,37,42). The van der Waals surface area contributed by atoms with Crippen LogP contribution in [0.5, 0.6) is 0 Å². The number of urea groups is 1. The van der Waals surface area contributed by atoms with E-state index in [1.54, 1.807) is 35.0 Å². The Morgan fingerprint density at radius 2 is 1.60 bits per heavy atom. The number of carbonyl (C=O) groups is 2. The molecule has 218 valence electrons. The van der Waals surface area contributed by atoms with E-state index in [1.165, 1.54) is 0 Å². The van der Waals surface area contributed by atoms with Gasteiger partial charge in [0.1, 0.15) is 0 Å². The molecule has 0 saturated carbocycles. The first kappa shape index (κ1) is 30.0. The molecule has 0 bridgehead atoms. The summed E-state index contributed by atoms with van der Waals surface area (Å²) in [5, 5.41) is 12.5. The van der Waals surface area contributed by atoms with Crippen LogP contribution in [0.2, 0.25) is 15.1 Å². The van der Waals surface area contributed by atoms with Gasteiger partial charge in [-0.25, -0.2) is 9.48 Å². The summed E-state index contributed by atoms with van der Waals surface area (Å²) >= 11 is 18.9. The molecule has 5 rings (SSSR count). The summed E-state index contributed by atoms with van der Waals surface area (Å²) in [6, 6.07) is 22.3. The summed E-state index contributed by atoms with van der Waals surface area (Å²) in [7, 11) is 0. The average molecular weight is 625 g/mol. The zero-order valence-corrected chi connectivity index (χ0v) is 25.7. The first-order valence-electron chi connectivity index (χ1n) is 13.9. The van der Waals surface area contributed by atoms with Crippen molar-refractivity contribution in [3.63, 3.8) is 0 Å². The molecule has 0 aliphatic carbocycles. The SMILES string of the molecule is CCCNC(=O)NC1(c2ccccc2)CCN(C(=O)c2nn(-c3ccc(Cl)cc3Cl)c(-c3ccc(Cl)cc3)c2C)CC1. The topological polar surface area (TPSA) is 79.3 Å². The van der Waals surface area contributed by atoms with Crippen molar-refractivity contribution in [3.05, 3.63) is 105 Å². The normalized spacial score (nSPS) is 14.5. The number of amides is 3. The number of piperidine rings is 1. The first-order chi connectivity index (χ1) is 20.2. The van der Waals surface area contributed by atoms with Crippen molar-refractivity contribution in [1.29, 1.82) is 0 Å². The third-order valence-electron chi connectivity index (χ3n) is 7.70. The zero-order valence-electron chi connectivity index (χ0n) is 23.5. The van der Waals surface area contributed by atoms with E-state index in [0.717, 1.165) is 28.8 Å². The van der Waals surface area contributed by atoms with Crippen molar-refractivity contribution in [3.8, 4) is 16.9 Å². The number of nitrogens with one attached hydrogen (secondary N) is 2. The molecule has 7 nitrogen and oxygen atoms in total. The lowest BCUT2D eigenvalue weighted by Gasteiger charge is -2.42. The lowest BCUT2D eigenvalue weighted by Crippen LogP contribution is -2.56. The predicted octanol–water partition coefficient (Wildman–Crippen LogP) is 7.65. The minimum atomic E-state index is -0.588. The number of rotatable bonds is 7. The van der Waals surface area contributed by atoms with Gasteiger partial charge < -0.3 is 15.5 Å². The molecule has 42 heavy (non-hydrogen) atoms. The van der Waals surface area contributed by atoms with Crippen molar-refractivity contribution in [2.45, 2.75) is 38.6 Å². The van der Waals surface area contributed by atoms with Crippen molar-refractivity contribution in [1.82, 2.24) is 25.3 Å². The van der Waals surface area contributed by atoms with E-state index in [4.69, 9.17) is 39.9 Å². The largest absolute Gasteiger partial charge is 0.338 e. The van der Waals surface area contributed by atoms with Crippen molar-refractivity contribution >= 4 is 46.7 Å². The quantitative estimate of drug-likeness (QED) is 0.222. The maximum Gasteiger partial charge on any atom is 0.315 e. The zero-order chi connectivity index (χ0) is 29.9. The van der Waals surface area contributed by atoms with Crippen LogP contribution < -0.4 is 10.6 Å². The molecule has 3 amide bonds. The molecule has 0 atom stereocenters. The Morgan fingerprint density at radius 3 is 2.24 bits per heavy atom. The van der Waals surface area contributed by atoms with Crippen molar-refractivity contribution < 1.29 is 9.59 Å². The maximum atomic E-state index is 14.0. The summed E-state index contributed by atoms with van der Waals surface area (Å²) in [5.74, 6) is -0.177. The second-order valence-corrected chi connectivity index (χ2v) is 11.7. The summed E-state index contributed by atoms with van der Waals surface area (Å²) in [5.41, 5.74) is 3.69. The molecule has 0 unspecified atom stereocenters. The number of hydrogen-bond acceptors (Lipinski definition) is 3. The first-order valence-corrected chi connectivity index (χ1v) is 15.1. The molecule has 2 heterocycles. The minimum absolute atomic E-state index is 0.177. The van der Waals surface area contributed by atoms with E-state index >= 15 is 0 Å². The summed E-state index contributed by atoms with van der Waals surface area (Å²) in [6.07, 6.45) is 1.98. The van der Waals surface area contributed by atoms with E-state index < -0.39 is 5.54 Å². The third kappa shape index (κ3) is 6.14. The Labute approximate surface area is 260 Å². The van der Waals surface area contributed by atoms with Crippen LogP contribution in [-0.2, 0) is 5.54 Å². The van der Waals surface area contributed by atoms with Crippen LogP contribution in [0.4, 0.5) is 4.79 Å². The fourth-order valence-corrected chi connectivity index (χ4v) is 6.07. The van der Waals surface area contributed by atoms with Crippen LogP contribution in [0, 0.1) is 6.92 Å². The van der Waals surface area contributed by atoms with Gasteiger partial charge in [0.2, 0.25) is 0 Å². The molecule has 1 fully saturated rings. The number of nitrogens with zero attached hydrogens (tertiary/aromatic N) is 3. The Morgan fingerprint density at radius 1 is 0.929 bits per heavy atom. The van der Waals surface area contributed by atoms with Gasteiger partial charge in [-0.1, -0.05) is 84.2 Å². The smallest absolute Gasteiger partial charge is 0.315 e. The Kier molecular flexibility index (Phi) is 9.11. The molecule has 1 aromatic heterocycles. The monoisotopic (exact) mass is 623 g/mol. The Bertz CT molecular complexity index is 1580. The summed E-state index contributed by atoms with van der Waals surface area (Å²) < 4.78 is 1.70. The van der Waals surface area contributed by atoms with Crippen LogP contribution in [0.1, 0.15) is 47.8 Å². The second-order valence-electron chi connectivity index (χ2n) is 10.5. The number of benzene rings is 3. The lowest BCUT2D eigenvalue weighted by atomic mass is 9.80. The van der Waals surface area contributed by atoms with Gasteiger partial charge in [0, 0.05) is 40.8 Å². The molecule has 0 spiro atoms. The van der Waals surface area contributed by atoms with Crippen LogP contribution >= 0.6 is 34.8 Å². The Hall–Kier alpha value is -3.52. The van der Waals surface area contributed by atoms with Crippen LogP contribution in [0.25, 0.3) is 16.9 Å². The van der Waals surface area contributed by atoms with E-state index in [1.807, 2.05) is 61.2 Å².